The predicted molar refractivity (Wildman–Crippen MR) is 121 cm³/mol. The molecule has 2 aliphatic heterocycles. The van der Waals surface area contributed by atoms with Crippen molar-refractivity contribution in [3.05, 3.63) is 53.1 Å². The Balaban J connectivity index is 1.62. The zero-order valence-corrected chi connectivity index (χ0v) is 18.2. The summed E-state index contributed by atoms with van der Waals surface area (Å²) in [6.07, 6.45) is 5.06. The summed E-state index contributed by atoms with van der Waals surface area (Å²) in [5, 5.41) is 2.93. The van der Waals surface area contributed by atoms with E-state index in [2.05, 4.69) is 10.2 Å². The number of piperidine rings is 1. The lowest BCUT2D eigenvalue weighted by molar-refractivity contribution is 0.0996. The third kappa shape index (κ3) is 4.36. The molecule has 3 N–H and O–H groups in total. The Morgan fingerprint density at radius 2 is 1.61 bits per heavy atom. The largest absolute Gasteiger partial charge is 0.370 e. The molecular weight excluding hydrogens is 416 g/mol. The minimum Gasteiger partial charge on any atom is -0.370 e. The van der Waals surface area contributed by atoms with Gasteiger partial charge in [-0.15, -0.1) is 0 Å². The Morgan fingerprint density at radius 1 is 0.935 bits per heavy atom. The molecule has 164 valence electrons. The van der Waals surface area contributed by atoms with Gasteiger partial charge in [-0.1, -0.05) is 0 Å². The van der Waals surface area contributed by atoms with Crippen molar-refractivity contribution in [1.29, 1.82) is 0 Å². The van der Waals surface area contributed by atoms with Crippen LogP contribution in [0.4, 0.5) is 17.1 Å². The monoisotopic (exact) mass is 442 g/mol. The van der Waals surface area contributed by atoms with E-state index in [1.807, 2.05) is 6.07 Å². The zero-order valence-electron chi connectivity index (χ0n) is 17.4. The minimum atomic E-state index is -3.35. The summed E-state index contributed by atoms with van der Waals surface area (Å²) in [5.41, 5.74) is 9.05. The molecule has 9 heteroatoms. The fourth-order valence-corrected chi connectivity index (χ4v) is 5.21. The van der Waals surface area contributed by atoms with Crippen molar-refractivity contribution in [1.82, 2.24) is 0 Å². The molecule has 0 atom stereocenters. The highest BCUT2D eigenvalue weighted by atomic mass is 32.2. The Kier molecular flexibility index (Phi) is 5.62. The number of anilines is 3. The lowest BCUT2D eigenvalue weighted by atomic mass is 10.1. The molecule has 0 bridgehead atoms. The summed E-state index contributed by atoms with van der Waals surface area (Å²) in [6, 6.07) is 10.1. The molecule has 0 aliphatic carbocycles. The number of hydrogen-bond donors (Lipinski definition) is 2. The van der Waals surface area contributed by atoms with E-state index in [4.69, 9.17) is 5.73 Å². The van der Waals surface area contributed by atoms with E-state index >= 15 is 0 Å². The second kappa shape index (κ2) is 8.22. The molecule has 0 saturated carbocycles. The van der Waals surface area contributed by atoms with Gasteiger partial charge in [-0.05, 0) is 67.6 Å². The van der Waals surface area contributed by atoms with Crippen molar-refractivity contribution in [3.8, 4) is 0 Å². The van der Waals surface area contributed by atoms with Gasteiger partial charge >= 0.3 is 0 Å². The summed E-state index contributed by atoms with van der Waals surface area (Å²) >= 11 is 0. The minimum absolute atomic E-state index is 0.319. The van der Waals surface area contributed by atoms with Crippen LogP contribution in [0.2, 0.25) is 0 Å². The molecule has 0 spiro atoms. The van der Waals surface area contributed by atoms with E-state index in [0.717, 1.165) is 37.2 Å². The van der Waals surface area contributed by atoms with Gasteiger partial charge in [0.2, 0.25) is 15.9 Å². The van der Waals surface area contributed by atoms with E-state index < -0.39 is 15.9 Å². The summed E-state index contributed by atoms with van der Waals surface area (Å²) in [6.45, 7) is 2.15. The van der Waals surface area contributed by atoms with Crippen molar-refractivity contribution in [3.63, 3.8) is 0 Å². The van der Waals surface area contributed by atoms with Crippen LogP contribution < -0.4 is 20.3 Å². The SMILES string of the molecule is CS(=O)(=O)N1CCc2cc(C(=O)Nc3cc(C(N)=O)ccc3N3CCCCC3)ccc21. The average Bonchev–Trinajstić information content (AvgIpc) is 3.18. The molecule has 4 rings (SSSR count). The highest BCUT2D eigenvalue weighted by Crippen LogP contribution is 2.33. The molecule has 2 aromatic carbocycles. The Hall–Kier alpha value is -3.07. The highest BCUT2D eigenvalue weighted by molar-refractivity contribution is 7.92. The number of rotatable bonds is 5. The van der Waals surface area contributed by atoms with Gasteiger partial charge in [0.05, 0.1) is 23.3 Å². The number of fused-ring (bicyclic) bond motifs is 1. The van der Waals surface area contributed by atoms with Crippen LogP contribution in [0, 0.1) is 0 Å². The first kappa shape index (κ1) is 21.2. The highest BCUT2D eigenvalue weighted by Gasteiger charge is 2.27. The second-order valence-corrected chi connectivity index (χ2v) is 9.93. The van der Waals surface area contributed by atoms with Crippen LogP contribution in [0.5, 0.6) is 0 Å². The Labute approximate surface area is 182 Å². The number of carbonyl (C=O) groups is 2. The number of nitrogens with two attached hydrogens (primary N) is 1. The quantitative estimate of drug-likeness (QED) is 0.738. The van der Waals surface area contributed by atoms with Crippen LogP contribution in [-0.2, 0) is 16.4 Å². The van der Waals surface area contributed by atoms with E-state index in [0.29, 0.717) is 35.5 Å². The summed E-state index contributed by atoms with van der Waals surface area (Å²) in [7, 11) is -3.35. The van der Waals surface area contributed by atoms with Crippen molar-refractivity contribution in [2.45, 2.75) is 25.7 Å². The maximum absolute atomic E-state index is 13.0. The zero-order chi connectivity index (χ0) is 22.2. The molecular formula is C22H26N4O4S. The van der Waals surface area contributed by atoms with Gasteiger partial charge in [0, 0.05) is 30.8 Å². The number of carbonyl (C=O) groups excluding carboxylic acids is 2. The standard InChI is InChI=1S/C22H26N4O4S/c1-31(29,30)26-12-9-15-13-17(6-7-19(15)26)22(28)24-18-14-16(21(23)27)5-8-20(18)25-10-3-2-4-11-25/h5-8,13-14H,2-4,9-12H2,1H3,(H2,23,27)(H,24,28). The molecule has 2 aromatic rings. The maximum atomic E-state index is 13.0. The van der Waals surface area contributed by atoms with E-state index in [-0.39, 0.29) is 5.91 Å². The number of hydrogen-bond acceptors (Lipinski definition) is 5. The number of amides is 2. The van der Waals surface area contributed by atoms with Crippen LogP contribution >= 0.6 is 0 Å². The summed E-state index contributed by atoms with van der Waals surface area (Å²) in [5.74, 6) is -0.875. The van der Waals surface area contributed by atoms with Crippen LogP contribution in [0.15, 0.2) is 36.4 Å². The first-order chi connectivity index (χ1) is 14.7. The fourth-order valence-electron chi connectivity index (χ4n) is 4.25. The summed E-state index contributed by atoms with van der Waals surface area (Å²) in [4.78, 5) is 26.9. The van der Waals surface area contributed by atoms with Crippen molar-refractivity contribution in [2.75, 3.05) is 40.4 Å². The second-order valence-electron chi connectivity index (χ2n) is 8.03. The molecule has 2 aliphatic rings. The normalized spacial score (nSPS) is 16.2. The lowest BCUT2D eigenvalue weighted by Crippen LogP contribution is -2.30. The smallest absolute Gasteiger partial charge is 0.255 e. The molecule has 1 fully saturated rings. The summed E-state index contributed by atoms with van der Waals surface area (Å²) < 4.78 is 25.2. The van der Waals surface area contributed by atoms with Crippen molar-refractivity contribution < 1.29 is 18.0 Å². The molecule has 2 heterocycles. The van der Waals surface area contributed by atoms with Crippen LogP contribution in [0.1, 0.15) is 45.5 Å². The fraction of sp³-hybridized carbons (Fsp3) is 0.364. The molecule has 8 nitrogen and oxygen atoms in total. The van der Waals surface area contributed by atoms with Crippen LogP contribution in [0.3, 0.4) is 0 Å². The third-order valence-electron chi connectivity index (χ3n) is 5.82. The van der Waals surface area contributed by atoms with E-state index in [1.54, 1.807) is 30.3 Å². The topological polar surface area (TPSA) is 113 Å². The lowest BCUT2D eigenvalue weighted by Gasteiger charge is -2.30. The Bertz CT molecular complexity index is 1140. The van der Waals surface area contributed by atoms with Gasteiger partial charge < -0.3 is 16.0 Å². The van der Waals surface area contributed by atoms with Crippen molar-refractivity contribution in [2.24, 2.45) is 5.73 Å². The first-order valence-electron chi connectivity index (χ1n) is 10.3. The van der Waals surface area contributed by atoms with Crippen LogP contribution in [0.25, 0.3) is 0 Å². The van der Waals surface area contributed by atoms with Gasteiger partial charge in [-0.2, -0.15) is 0 Å². The maximum Gasteiger partial charge on any atom is 0.255 e. The number of sulfonamides is 1. The third-order valence-corrected chi connectivity index (χ3v) is 7.00. The van der Waals surface area contributed by atoms with E-state index in [9.17, 15) is 18.0 Å². The molecule has 0 aromatic heterocycles. The number of primary amides is 1. The number of benzene rings is 2. The first-order valence-corrected chi connectivity index (χ1v) is 12.2. The van der Waals surface area contributed by atoms with Crippen LogP contribution in [-0.4, -0.2) is 46.1 Å². The van der Waals surface area contributed by atoms with Gasteiger partial charge in [0.15, 0.2) is 0 Å². The van der Waals surface area contributed by atoms with Crippen molar-refractivity contribution >= 4 is 38.9 Å². The molecule has 31 heavy (non-hydrogen) atoms. The number of nitrogens with one attached hydrogen (secondary N) is 1. The predicted octanol–water partition coefficient (Wildman–Crippen LogP) is 2.35. The van der Waals surface area contributed by atoms with E-state index in [1.165, 1.54) is 17.0 Å². The molecule has 0 unspecified atom stereocenters. The molecule has 2 amide bonds. The molecule has 0 radical (unpaired) electrons. The molecule has 1 saturated heterocycles. The van der Waals surface area contributed by atoms with Gasteiger partial charge in [0.1, 0.15) is 0 Å². The average molecular weight is 443 g/mol. The van der Waals surface area contributed by atoms with Gasteiger partial charge in [-0.3, -0.25) is 13.9 Å². The number of nitrogens with zero attached hydrogens (tertiary/aromatic N) is 2. The van der Waals surface area contributed by atoms with Gasteiger partial charge in [0.25, 0.3) is 5.91 Å². The van der Waals surface area contributed by atoms with Gasteiger partial charge in [-0.25, -0.2) is 8.42 Å². The Morgan fingerprint density at radius 3 is 2.29 bits per heavy atom.